The summed E-state index contributed by atoms with van der Waals surface area (Å²) < 4.78 is 5.56. The molecule has 0 aliphatic rings. The highest BCUT2D eigenvalue weighted by Crippen LogP contribution is 2.15. The molecule has 5 nitrogen and oxygen atoms in total. The monoisotopic (exact) mass is 275 g/mol. The van der Waals surface area contributed by atoms with Crippen molar-refractivity contribution < 1.29 is 9.53 Å². The molecular weight excluding hydrogens is 254 g/mol. The fourth-order valence-corrected chi connectivity index (χ4v) is 1.44. The fraction of sp³-hybridized carbons (Fsp3) is 0.400. The van der Waals surface area contributed by atoms with Crippen LogP contribution in [0.1, 0.15) is 6.42 Å². The minimum absolute atomic E-state index is 0.220. The first-order valence-electron chi connectivity index (χ1n) is 6.40. The van der Waals surface area contributed by atoms with Crippen LogP contribution in [0.2, 0.25) is 0 Å². The number of rotatable bonds is 7. The Hall–Kier alpha value is -2.03. The van der Waals surface area contributed by atoms with Gasteiger partial charge in [-0.25, -0.2) is 0 Å². The summed E-state index contributed by atoms with van der Waals surface area (Å²) in [6.07, 6.45) is 5.34. The Bertz CT molecular complexity index is 463. The summed E-state index contributed by atoms with van der Waals surface area (Å²) in [7, 11) is 3.98. The largest absolute Gasteiger partial charge is 0.492 e. The maximum Gasteiger partial charge on any atom is 0.242 e. The number of amides is 1. The molecule has 0 fully saturated rings. The molecule has 0 aliphatic heterocycles. The van der Waals surface area contributed by atoms with Crippen LogP contribution in [0.5, 0.6) is 5.75 Å². The van der Waals surface area contributed by atoms with Gasteiger partial charge in [0.2, 0.25) is 5.91 Å². The second-order valence-corrected chi connectivity index (χ2v) is 4.68. The van der Waals surface area contributed by atoms with Gasteiger partial charge in [0.25, 0.3) is 0 Å². The predicted molar refractivity (Wildman–Crippen MR) is 80.5 cm³/mol. The fourth-order valence-electron chi connectivity index (χ4n) is 1.44. The lowest BCUT2D eigenvalue weighted by molar-refractivity contribution is -0.117. The second kappa shape index (κ2) is 8.20. The molecule has 1 aromatic rings. The molecule has 1 unspecified atom stereocenters. The van der Waals surface area contributed by atoms with Crippen molar-refractivity contribution in [1.82, 2.24) is 4.90 Å². The minimum Gasteiger partial charge on any atom is -0.492 e. The van der Waals surface area contributed by atoms with Crippen molar-refractivity contribution >= 4 is 11.6 Å². The number of hydrogen-bond acceptors (Lipinski definition) is 4. The first-order valence-corrected chi connectivity index (χ1v) is 6.40. The molecule has 0 bridgehead atoms. The number of anilines is 1. The van der Waals surface area contributed by atoms with E-state index in [1.165, 1.54) is 0 Å². The summed E-state index contributed by atoms with van der Waals surface area (Å²) in [6.45, 7) is 1.46. The molecule has 5 heteroatoms. The smallest absolute Gasteiger partial charge is 0.242 e. The molecule has 1 amide bonds. The maximum absolute atomic E-state index is 11.7. The van der Waals surface area contributed by atoms with Gasteiger partial charge in [-0.1, -0.05) is 0 Å². The van der Waals surface area contributed by atoms with E-state index >= 15 is 0 Å². The zero-order valence-corrected chi connectivity index (χ0v) is 11.9. The average Bonchev–Trinajstić information content (AvgIpc) is 2.40. The summed E-state index contributed by atoms with van der Waals surface area (Å²) >= 11 is 0. The molecule has 0 radical (unpaired) electrons. The normalized spacial score (nSPS) is 11.8. The molecule has 108 valence electrons. The van der Waals surface area contributed by atoms with Crippen LogP contribution in [0, 0.1) is 12.3 Å². The lowest BCUT2D eigenvalue weighted by Gasteiger charge is -2.12. The lowest BCUT2D eigenvalue weighted by atomic mass is 10.2. The summed E-state index contributed by atoms with van der Waals surface area (Å²) in [5.41, 5.74) is 6.28. The maximum atomic E-state index is 11.7. The molecule has 0 saturated heterocycles. The van der Waals surface area contributed by atoms with E-state index in [1.807, 2.05) is 19.0 Å². The van der Waals surface area contributed by atoms with Gasteiger partial charge in [0.1, 0.15) is 12.4 Å². The van der Waals surface area contributed by atoms with Crippen molar-refractivity contribution in [2.24, 2.45) is 5.73 Å². The van der Waals surface area contributed by atoms with Gasteiger partial charge in [0.05, 0.1) is 6.04 Å². The van der Waals surface area contributed by atoms with Gasteiger partial charge < -0.3 is 20.7 Å². The molecule has 3 N–H and O–H groups in total. The number of nitrogens with zero attached hydrogens (tertiary/aromatic N) is 1. The number of likely N-dealkylation sites (N-methyl/N-ethyl adjacent to an activating group) is 1. The molecule has 20 heavy (non-hydrogen) atoms. The summed E-state index contributed by atoms with van der Waals surface area (Å²) in [5.74, 6) is 2.84. The van der Waals surface area contributed by atoms with Crippen molar-refractivity contribution in [3.63, 3.8) is 0 Å². The van der Waals surface area contributed by atoms with Gasteiger partial charge in [0.15, 0.2) is 0 Å². The van der Waals surface area contributed by atoms with Crippen molar-refractivity contribution in [2.45, 2.75) is 12.5 Å². The van der Waals surface area contributed by atoms with E-state index in [9.17, 15) is 4.79 Å². The third-order valence-electron chi connectivity index (χ3n) is 2.60. The van der Waals surface area contributed by atoms with E-state index in [4.69, 9.17) is 16.9 Å². The van der Waals surface area contributed by atoms with Crippen molar-refractivity contribution in [3.8, 4) is 18.1 Å². The summed E-state index contributed by atoms with van der Waals surface area (Å²) in [6, 6.07) is 6.46. The molecule has 0 spiro atoms. The van der Waals surface area contributed by atoms with Crippen molar-refractivity contribution in [2.75, 3.05) is 32.6 Å². The number of hydrogen-bond donors (Lipinski definition) is 2. The molecule has 0 aliphatic carbocycles. The Morgan fingerprint density at radius 2 is 2.10 bits per heavy atom. The third-order valence-corrected chi connectivity index (χ3v) is 2.60. The summed E-state index contributed by atoms with van der Waals surface area (Å²) in [4.78, 5) is 13.7. The van der Waals surface area contributed by atoms with Gasteiger partial charge in [-0.05, 0) is 38.4 Å². The molecule has 1 rings (SSSR count). The van der Waals surface area contributed by atoms with Crippen molar-refractivity contribution in [3.05, 3.63) is 24.3 Å². The Labute approximate surface area is 120 Å². The van der Waals surface area contributed by atoms with E-state index in [2.05, 4.69) is 11.2 Å². The minimum atomic E-state index is -0.684. The van der Waals surface area contributed by atoms with Crippen LogP contribution < -0.4 is 15.8 Å². The van der Waals surface area contributed by atoms with Gasteiger partial charge in [0, 0.05) is 18.7 Å². The topological polar surface area (TPSA) is 67.6 Å². The Balaban J connectivity index is 2.46. The molecular formula is C15H21N3O2. The van der Waals surface area contributed by atoms with Crippen LogP contribution in [-0.4, -0.2) is 44.1 Å². The molecule has 0 saturated carbocycles. The van der Waals surface area contributed by atoms with E-state index in [1.54, 1.807) is 24.3 Å². The van der Waals surface area contributed by atoms with Gasteiger partial charge in [-0.15, -0.1) is 12.3 Å². The first-order chi connectivity index (χ1) is 9.52. The van der Waals surface area contributed by atoms with Gasteiger partial charge in [-0.3, -0.25) is 4.79 Å². The number of carbonyl (C=O) groups is 1. The number of nitrogens with one attached hydrogen (secondary N) is 1. The van der Waals surface area contributed by atoms with Crippen LogP contribution in [0.25, 0.3) is 0 Å². The number of nitrogens with two attached hydrogens (primary N) is 1. The van der Waals surface area contributed by atoms with Crippen LogP contribution in [0.3, 0.4) is 0 Å². The standard InChI is InChI=1S/C15H21N3O2/c1-4-5-14(16)15(19)17-12-6-8-13(9-7-12)20-11-10-18(2)3/h1,6-9,14H,5,10-11,16H2,2-3H3,(H,17,19). The molecule has 0 aromatic heterocycles. The Kier molecular flexibility index (Phi) is 6.57. The van der Waals surface area contributed by atoms with Gasteiger partial charge in [-0.2, -0.15) is 0 Å². The number of ether oxygens (including phenoxy) is 1. The first kappa shape index (κ1) is 16.0. The number of benzene rings is 1. The lowest BCUT2D eigenvalue weighted by Crippen LogP contribution is -2.35. The van der Waals surface area contributed by atoms with Crippen LogP contribution in [0.4, 0.5) is 5.69 Å². The van der Waals surface area contributed by atoms with Crippen LogP contribution >= 0.6 is 0 Å². The van der Waals surface area contributed by atoms with E-state index in [-0.39, 0.29) is 12.3 Å². The highest BCUT2D eigenvalue weighted by Gasteiger charge is 2.11. The zero-order chi connectivity index (χ0) is 15.0. The van der Waals surface area contributed by atoms with Crippen LogP contribution in [0.15, 0.2) is 24.3 Å². The van der Waals surface area contributed by atoms with Gasteiger partial charge >= 0.3 is 0 Å². The Morgan fingerprint density at radius 1 is 1.45 bits per heavy atom. The van der Waals surface area contributed by atoms with Crippen LogP contribution in [-0.2, 0) is 4.79 Å². The zero-order valence-electron chi connectivity index (χ0n) is 11.9. The average molecular weight is 275 g/mol. The molecule has 0 heterocycles. The number of carbonyl (C=O) groups excluding carboxylic acids is 1. The quantitative estimate of drug-likeness (QED) is 0.726. The summed E-state index contributed by atoms with van der Waals surface area (Å²) in [5, 5.41) is 2.70. The van der Waals surface area contributed by atoms with E-state index in [0.717, 1.165) is 12.3 Å². The molecule has 1 atom stereocenters. The predicted octanol–water partition coefficient (Wildman–Crippen LogP) is 0.916. The molecule has 1 aromatic carbocycles. The second-order valence-electron chi connectivity index (χ2n) is 4.68. The third kappa shape index (κ3) is 5.74. The highest BCUT2D eigenvalue weighted by atomic mass is 16.5. The Morgan fingerprint density at radius 3 is 2.65 bits per heavy atom. The SMILES string of the molecule is C#CCC(N)C(=O)Nc1ccc(OCCN(C)C)cc1. The van der Waals surface area contributed by atoms with E-state index in [0.29, 0.717) is 12.3 Å². The highest BCUT2D eigenvalue weighted by molar-refractivity contribution is 5.94. The number of terminal acetylenes is 1. The van der Waals surface area contributed by atoms with E-state index < -0.39 is 6.04 Å². The van der Waals surface area contributed by atoms with Crippen molar-refractivity contribution in [1.29, 1.82) is 0 Å².